The number of carbonyl (C=O) groups excluding carboxylic acids is 2. The van der Waals surface area contributed by atoms with E-state index in [1.807, 2.05) is 36.4 Å². The van der Waals surface area contributed by atoms with Crippen molar-refractivity contribution in [1.82, 2.24) is 5.32 Å². The second-order valence-corrected chi connectivity index (χ2v) is 8.69. The third-order valence-electron chi connectivity index (χ3n) is 3.92. The van der Waals surface area contributed by atoms with E-state index in [9.17, 15) is 14.7 Å². The van der Waals surface area contributed by atoms with Crippen LogP contribution in [0.1, 0.15) is 17.2 Å². The zero-order chi connectivity index (χ0) is 22.1. The average molecular weight is 473 g/mol. The lowest BCUT2D eigenvalue weighted by atomic mass is 10.0. The number of rotatable bonds is 8. The number of ether oxygens (including phenoxy) is 2. The first-order valence-electron chi connectivity index (χ1n) is 8.82. The molecule has 0 bridgehead atoms. The van der Waals surface area contributed by atoms with Crippen molar-refractivity contribution in [2.24, 2.45) is 0 Å². The molecule has 0 radical (unpaired) electrons. The molecule has 0 spiro atoms. The van der Waals surface area contributed by atoms with Gasteiger partial charge in [0.25, 0.3) is 0 Å². The molecule has 0 saturated heterocycles. The summed E-state index contributed by atoms with van der Waals surface area (Å²) in [4.78, 5) is 24.8. The number of alkyl carbamates (subject to hydrolysis) is 1. The smallest absolute Gasteiger partial charge is 0.408 e. The summed E-state index contributed by atoms with van der Waals surface area (Å²) in [6, 6.07) is 16.6. The van der Waals surface area contributed by atoms with Crippen molar-refractivity contribution in [3.05, 3.63) is 84.4 Å². The van der Waals surface area contributed by atoms with E-state index in [1.54, 1.807) is 24.3 Å². The molecule has 0 aliphatic rings. The molecule has 0 saturated carbocycles. The van der Waals surface area contributed by atoms with E-state index in [2.05, 4.69) is 11.9 Å². The lowest BCUT2D eigenvalue weighted by molar-refractivity contribution is -0.152. The summed E-state index contributed by atoms with van der Waals surface area (Å²) in [5, 5.41) is 12.4. The third-order valence-corrected chi connectivity index (χ3v) is 4.24. The number of aliphatic hydroxyl groups excluding tert-OH is 1. The van der Waals surface area contributed by atoms with Crippen LogP contribution in [0.2, 0.25) is 0 Å². The van der Waals surface area contributed by atoms with Gasteiger partial charge < -0.3 is 19.9 Å². The van der Waals surface area contributed by atoms with Gasteiger partial charge >= 0.3 is 12.1 Å². The van der Waals surface area contributed by atoms with Gasteiger partial charge in [-0.3, -0.25) is 0 Å². The molecule has 0 aliphatic heterocycles. The number of hydrogen-bond acceptors (Lipinski definition) is 5. The molecule has 0 aromatic heterocycles. The van der Waals surface area contributed by atoms with Crippen molar-refractivity contribution in [3.8, 4) is 0 Å². The highest BCUT2D eigenvalue weighted by Gasteiger charge is 2.32. The van der Waals surface area contributed by atoms with Gasteiger partial charge in [-0.05, 0) is 11.1 Å². The maximum atomic E-state index is 12.9. The van der Waals surface area contributed by atoms with Gasteiger partial charge in [0, 0.05) is 0 Å². The summed E-state index contributed by atoms with van der Waals surface area (Å²) >= 11 is 16.6. The molecule has 1 amide bonds. The molecule has 2 N–H and O–H groups in total. The van der Waals surface area contributed by atoms with Crippen LogP contribution in [0.3, 0.4) is 0 Å². The molecule has 2 aromatic carbocycles. The van der Waals surface area contributed by atoms with Crippen molar-refractivity contribution in [2.75, 3.05) is 6.61 Å². The quantitative estimate of drug-likeness (QED) is 0.339. The standard InChI is InChI=1S/C21H20Cl3NO5/c1-2-16(26)17(25-20(28)29-13-21(22,23)24)19(27)30-18(14-9-5-3-6-10-14)15-11-7-4-8-12-15/h2-12,16-18,26H,1,13H2,(H,25,28). The molecule has 0 aliphatic carbocycles. The number of hydrogen-bond donors (Lipinski definition) is 2. The van der Waals surface area contributed by atoms with E-state index < -0.39 is 40.7 Å². The summed E-state index contributed by atoms with van der Waals surface area (Å²) in [5.41, 5.74) is 1.42. The van der Waals surface area contributed by atoms with Crippen LogP contribution in [0, 0.1) is 0 Å². The van der Waals surface area contributed by atoms with Crippen LogP contribution in [-0.4, -0.2) is 39.7 Å². The van der Waals surface area contributed by atoms with Gasteiger partial charge in [0.05, 0.1) is 0 Å². The predicted octanol–water partition coefficient (Wildman–Crippen LogP) is 4.33. The number of carbonyl (C=O) groups is 2. The van der Waals surface area contributed by atoms with E-state index in [1.165, 1.54) is 0 Å². The molecule has 30 heavy (non-hydrogen) atoms. The second-order valence-electron chi connectivity index (χ2n) is 6.18. The molecule has 0 fully saturated rings. The van der Waals surface area contributed by atoms with Gasteiger partial charge in [-0.1, -0.05) is 102 Å². The number of aliphatic hydroxyl groups is 1. The number of alkyl halides is 3. The first-order valence-corrected chi connectivity index (χ1v) is 9.95. The highest BCUT2D eigenvalue weighted by molar-refractivity contribution is 6.67. The SMILES string of the molecule is C=CC(O)C(NC(=O)OCC(Cl)(Cl)Cl)C(=O)OC(c1ccccc1)c1ccccc1. The molecule has 2 rings (SSSR count). The lowest BCUT2D eigenvalue weighted by Crippen LogP contribution is -2.49. The highest BCUT2D eigenvalue weighted by Crippen LogP contribution is 2.27. The van der Waals surface area contributed by atoms with Crippen LogP contribution in [0.25, 0.3) is 0 Å². The molecule has 2 aromatic rings. The van der Waals surface area contributed by atoms with E-state index in [0.29, 0.717) is 11.1 Å². The van der Waals surface area contributed by atoms with Gasteiger partial charge in [-0.25, -0.2) is 9.59 Å². The van der Waals surface area contributed by atoms with E-state index >= 15 is 0 Å². The molecule has 160 valence electrons. The first-order chi connectivity index (χ1) is 14.2. The predicted molar refractivity (Wildman–Crippen MR) is 116 cm³/mol. The summed E-state index contributed by atoms with van der Waals surface area (Å²) in [6.45, 7) is 2.89. The zero-order valence-corrected chi connectivity index (χ0v) is 18.0. The Kier molecular flexibility index (Phi) is 8.99. The van der Waals surface area contributed by atoms with Crippen molar-refractivity contribution >= 4 is 46.9 Å². The Labute approximate surface area is 189 Å². The van der Waals surface area contributed by atoms with Crippen LogP contribution in [0.4, 0.5) is 4.79 Å². The van der Waals surface area contributed by atoms with Gasteiger partial charge in [-0.2, -0.15) is 0 Å². The highest BCUT2D eigenvalue weighted by atomic mass is 35.6. The fourth-order valence-corrected chi connectivity index (χ4v) is 2.67. The molecule has 2 unspecified atom stereocenters. The Morgan fingerprint density at radius 2 is 1.53 bits per heavy atom. The lowest BCUT2D eigenvalue weighted by Gasteiger charge is -2.25. The minimum absolute atomic E-state index is 0.549. The number of esters is 1. The third kappa shape index (κ3) is 7.54. The molecule has 2 atom stereocenters. The fourth-order valence-electron chi connectivity index (χ4n) is 2.51. The summed E-state index contributed by atoms with van der Waals surface area (Å²) < 4.78 is 8.59. The maximum absolute atomic E-state index is 12.9. The minimum atomic E-state index is -1.82. The monoisotopic (exact) mass is 471 g/mol. The summed E-state index contributed by atoms with van der Waals surface area (Å²) in [7, 11) is 0. The van der Waals surface area contributed by atoms with Crippen LogP contribution in [-0.2, 0) is 14.3 Å². The topological polar surface area (TPSA) is 84.9 Å². The number of halogens is 3. The Hall–Kier alpha value is -2.25. The molecular weight excluding hydrogens is 453 g/mol. The Balaban J connectivity index is 2.21. The van der Waals surface area contributed by atoms with Crippen LogP contribution < -0.4 is 5.32 Å². The Morgan fingerprint density at radius 3 is 1.97 bits per heavy atom. The van der Waals surface area contributed by atoms with Crippen molar-refractivity contribution in [1.29, 1.82) is 0 Å². The maximum Gasteiger partial charge on any atom is 0.408 e. The van der Waals surface area contributed by atoms with Crippen LogP contribution >= 0.6 is 34.8 Å². The van der Waals surface area contributed by atoms with E-state index in [0.717, 1.165) is 6.08 Å². The second kappa shape index (κ2) is 11.2. The number of amides is 1. The normalized spacial score (nSPS) is 13.2. The average Bonchev–Trinajstić information content (AvgIpc) is 2.74. The largest absolute Gasteiger partial charge is 0.451 e. The van der Waals surface area contributed by atoms with E-state index in [4.69, 9.17) is 44.3 Å². The molecule has 6 nitrogen and oxygen atoms in total. The van der Waals surface area contributed by atoms with E-state index in [-0.39, 0.29) is 0 Å². The van der Waals surface area contributed by atoms with Crippen LogP contribution in [0.5, 0.6) is 0 Å². The van der Waals surface area contributed by atoms with Crippen molar-refractivity contribution in [3.63, 3.8) is 0 Å². The van der Waals surface area contributed by atoms with Crippen molar-refractivity contribution < 1.29 is 24.2 Å². The zero-order valence-electron chi connectivity index (χ0n) is 15.7. The van der Waals surface area contributed by atoms with Gasteiger partial charge in [0.2, 0.25) is 3.79 Å². The van der Waals surface area contributed by atoms with Crippen molar-refractivity contribution in [2.45, 2.75) is 22.0 Å². The Morgan fingerprint density at radius 1 is 1.03 bits per heavy atom. The fraction of sp³-hybridized carbons (Fsp3) is 0.238. The molecule has 9 heteroatoms. The van der Waals surface area contributed by atoms with Crippen LogP contribution in [0.15, 0.2) is 73.3 Å². The Bertz CT molecular complexity index is 803. The summed E-state index contributed by atoms with van der Waals surface area (Å²) in [5.74, 6) is -0.897. The summed E-state index contributed by atoms with van der Waals surface area (Å²) in [6.07, 6.45) is -2.19. The van der Waals surface area contributed by atoms with Gasteiger partial charge in [0.1, 0.15) is 12.7 Å². The van der Waals surface area contributed by atoms with Gasteiger partial charge in [-0.15, -0.1) is 6.58 Å². The van der Waals surface area contributed by atoms with Gasteiger partial charge in [0.15, 0.2) is 12.1 Å². The minimum Gasteiger partial charge on any atom is -0.451 e. The number of nitrogens with one attached hydrogen (secondary N) is 1. The molecule has 0 heterocycles. The first kappa shape index (κ1) is 24.0. The molecular formula is C21H20Cl3NO5. The number of benzene rings is 2.